The second-order valence-electron chi connectivity index (χ2n) is 7.37. The number of fused-ring (bicyclic) bond motifs is 1. The number of nitrogens with one attached hydrogen (secondary N) is 3. The van der Waals surface area contributed by atoms with E-state index in [-0.39, 0.29) is 25.6 Å². The van der Waals surface area contributed by atoms with Crippen LogP contribution >= 0.6 is 0 Å². The number of hydrogen-bond acceptors (Lipinski definition) is 8. The van der Waals surface area contributed by atoms with Crippen LogP contribution in [0.2, 0.25) is 0 Å². The van der Waals surface area contributed by atoms with Gasteiger partial charge < -0.3 is 34.9 Å². The average molecular weight is 393 g/mol. The Bertz CT molecular complexity index is 775. The largest absolute Gasteiger partial charge is 0.509 e. The summed E-state index contributed by atoms with van der Waals surface area (Å²) in [5, 5.41) is 8.41. The molecule has 1 fully saturated rings. The van der Waals surface area contributed by atoms with Gasteiger partial charge in [-0.3, -0.25) is 4.79 Å². The van der Waals surface area contributed by atoms with Crippen molar-refractivity contribution in [2.45, 2.75) is 38.6 Å². The Balaban J connectivity index is 1.54. The second kappa shape index (κ2) is 7.83. The van der Waals surface area contributed by atoms with E-state index in [1.165, 1.54) is 0 Å². The zero-order chi connectivity index (χ0) is 20.3. The molecule has 28 heavy (non-hydrogen) atoms. The topological polar surface area (TPSA) is 124 Å². The molecule has 1 aromatic carbocycles. The maximum atomic E-state index is 11.8. The number of alkyl carbamates (subject to hydrolysis) is 1. The van der Waals surface area contributed by atoms with Crippen LogP contribution in [0.25, 0.3) is 0 Å². The van der Waals surface area contributed by atoms with Crippen LogP contribution in [-0.4, -0.2) is 55.7 Å². The fourth-order valence-electron chi connectivity index (χ4n) is 2.68. The van der Waals surface area contributed by atoms with Gasteiger partial charge in [-0.15, -0.1) is 0 Å². The summed E-state index contributed by atoms with van der Waals surface area (Å²) in [5.74, 6) is 0.358. The van der Waals surface area contributed by atoms with Crippen molar-refractivity contribution in [1.29, 1.82) is 0 Å². The normalized spacial score (nSPS) is 20.8. The van der Waals surface area contributed by atoms with Gasteiger partial charge in [0, 0.05) is 5.69 Å². The summed E-state index contributed by atoms with van der Waals surface area (Å²) in [5.41, 5.74) is 0.634. The molecule has 0 saturated carbocycles. The van der Waals surface area contributed by atoms with Gasteiger partial charge >= 0.3 is 12.2 Å². The molecule has 152 valence electrons. The Morgan fingerprint density at radius 2 is 1.93 bits per heavy atom. The minimum Gasteiger partial charge on any atom is -0.482 e. The quantitative estimate of drug-likeness (QED) is 0.648. The first-order chi connectivity index (χ1) is 13.2. The Hall–Kier alpha value is -3.17. The molecule has 2 amide bonds. The number of amides is 2. The third-order valence-corrected chi connectivity index (χ3v) is 3.88. The van der Waals surface area contributed by atoms with Gasteiger partial charge in [-0.25, -0.2) is 9.59 Å². The maximum Gasteiger partial charge on any atom is 0.509 e. The van der Waals surface area contributed by atoms with E-state index in [4.69, 9.17) is 18.9 Å². The van der Waals surface area contributed by atoms with Crippen LogP contribution in [0.15, 0.2) is 18.2 Å². The Morgan fingerprint density at radius 3 is 2.64 bits per heavy atom. The van der Waals surface area contributed by atoms with Crippen LogP contribution < -0.4 is 20.7 Å². The number of rotatable bonds is 5. The van der Waals surface area contributed by atoms with Crippen LogP contribution in [0, 0.1) is 0 Å². The van der Waals surface area contributed by atoms with E-state index >= 15 is 0 Å². The molecule has 3 rings (SSSR count). The number of carbonyl (C=O) groups excluding carboxylic acids is 3. The third-order valence-electron chi connectivity index (χ3n) is 3.88. The lowest BCUT2D eigenvalue weighted by atomic mass is 10.2. The molecule has 1 saturated heterocycles. The predicted octanol–water partition coefficient (Wildman–Crippen LogP) is 1.86. The molecular weight excluding hydrogens is 370 g/mol. The van der Waals surface area contributed by atoms with E-state index in [0.29, 0.717) is 17.1 Å². The number of benzene rings is 1. The summed E-state index contributed by atoms with van der Waals surface area (Å²) >= 11 is 0. The highest BCUT2D eigenvalue weighted by Gasteiger charge is 2.37. The summed E-state index contributed by atoms with van der Waals surface area (Å²) < 4.78 is 20.7. The molecule has 1 aromatic rings. The SMILES string of the molecule is CC(C)(C)OC(=O)NCC1OC(=O)O[C@H]1CNc1ccc2c(c1)NC(=O)CO2. The molecule has 0 aliphatic carbocycles. The lowest BCUT2D eigenvalue weighted by Gasteiger charge is -2.22. The average Bonchev–Trinajstić information content (AvgIpc) is 2.96. The van der Waals surface area contributed by atoms with Crippen molar-refractivity contribution >= 4 is 29.5 Å². The molecule has 10 heteroatoms. The van der Waals surface area contributed by atoms with Gasteiger partial charge in [0.25, 0.3) is 5.91 Å². The van der Waals surface area contributed by atoms with Gasteiger partial charge in [-0.1, -0.05) is 0 Å². The van der Waals surface area contributed by atoms with Crippen LogP contribution in [-0.2, 0) is 19.0 Å². The predicted molar refractivity (Wildman–Crippen MR) is 98.4 cm³/mol. The van der Waals surface area contributed by atoms with Crippen LogP contribution in [0.3, 0.4) is 0 Å². The molecule has 2 aliphatic heterocycles. The highest BCUT2D eigenvalue weighted by atomic mass is 16.8. The standard InChI is InChI=1S/C18H23N3O7/c1-18(2,3)28-16(23)20-8-14-13(26-17(24)27-14)7-19-10-4-5-12-11(6-10)21-15(22)9-25-12/h4-6,13-14,19H,7-9H2,1-3H3,(H,20,23)(H,21,22)/t13-,14?/m0/s1. The molecule has 3 N–H and O–H groups in total. The fraction of sp³-hybridized carbons (Fsp3) is 0.500. The molecule has 2 aliphatic rings. The molecule has 10 nitrogen and oxygen atoms in total. The van der Waals surface area contributed by atoms with Crippen LogP contribution in [0.4, 0.5) is 21.0 Å². The first-order valence-corrected chi connectivity index (χ1v) is 8.84. The van der Waals surface area contributed by atoms with Crippen molar-refractivity contribution in [3.8, 4) is 5.75 Å². The Labute approximate surface area is 161 Å². The summed E-state index contributed by atoms with van der Waals surface area (Å²) in [7, 11) is 0. The summed E-state index contributed by atoms with van der Waals surface area (Å²) in [6, 6.07) is 5.23. The molecule has 2 heterocycles. The van der Waals surface area contributed by atoms with Crippen molar-refractivity contribution in [1.82, 2.24) is 5.32 Å². The van der Waals surface area contributed by atoms with E-state index in [1.807, 2.05) is 0 Å². The van der Waals surface area contributed by atoms with E-state index in [0.717, 1.165) is 0 Å². The highest BCUT2D eigenvalue weighted by Crippen LogP contribution is 2.30. The van der Waals surface area contributed by atoms with Gasteiger partial charge in [0.05, 0.1) is 18.8 Å². The van der Waals surface area contributed by atoms with E-state index < -0.39 is 30.1 Å². The number of anilines is 2. The van der Waals surface area contributed by atoms with Gasteiger partial charge in [0.15, 0.2) is 18.8 Å². The lowest BCUT2D eigenvalue weighted by molar-refractivity contribution is -0.118. The fourth-order valence-corrected chi connectivity index (χ4v) is 2.68. The van der Waals surface area contributed by atoms with Gasteiger partial charge in [0.2, 0.25) is 0 Å². The second-order valence-corrected chi connectivity index (χ2v) is 7.37. The van der Waals surface area contributed by atoms with Gasteiger partial charge in [-0.05, 0) is 39.0 Å². The molecule has 1 unspecified atom stereocenters. The first kappa shape index (κ1) is 19.6. The van der Waals surface area contributed by atoms with E-state index in [1.54, 1.807) is 39.0 Å². The minimum absolute atomic E-state index is 0.0124. The smallest absolute Gasteiger partial charge is 0.482 e. The van der Waals surface area contributed by atoms with E-state index in [2.05, 4.69) is 16.0 Å². The zero-order valence-electron chi connectivity index (χ0n) is 15.9. The van der Waals surface area contributed by atoms with Crippen molar-refractivity contribution in [3.63, 3.8) is 0 Å². The lowest BCUT2D eigenvalue weighted by Crippen LogP contribution is -2.42. The molecule has 0 aromatic heterocycles. The summed E-state index contributed by atoms with van der Waals surface area (Å²) in [6.07, 6.45) is -2.67. The number of hydrogen-bond donors (Lipinski definition) is 3. The number of cyclic esters (lactones) is 2. The Morgan fingerprint density at radius 1 is 1.21 bits per heavy atom. The summed E-state index contributed by atoms with van der Waals surface area (Å²) in [4.78, 5) is 34.7. The monoisotopic (exact) mass is 393 g/mol. The molecular formula is C18H23N3O7. The van der Waals surface area contributed by atoms with Crippen LogP contribution in [0.1, 0.15) is 20.8 Å². The van der Waals surface area contributed by atoms with Gasteiger partial charge in [0.1, 0.15) is 11.4 Å². The molecule has 0 spiro atoms. The summed E-state index contributed by atoms with van der Waals surface area (Å²) in [6.45, 7) is 5.56. The van der Waals surface area contributed by atoms with E-state index in [9.17, 15) is 14.4 Å². The number of carbonyl (C=O) groups is 3. The molecule has 0 radical (unpaired) electrons. The first-order valence-electron chi connectivity index (χ1n) is 8.84. The van der Waals surface area contributed by atoms with Crippen molar-refractivity contribution in [3.05, 3.63) is 18.2 Å². The van der Waals surface area contributed by atoms with Crippen molar-refractivity contribution < 1.29 is 33.3 Å². The third kappa shape index (κ3) is 5.18. The Kier molecular flexibility index (Phi) is 5.48. The van der Waals surface area contributed by atoms with Crippen LogP contribution in [0.5, 0.6) is 5.75 Å². The van der Waals surface area contributed by atoms with Gasteiger partial charge in [-0.2, -0.15) is 0 Å². The maximum absolute atomic E-state index is 11.8. The molecule has 0 bridgehead atoms. The highest BCUT2D eigenvalue weighted by molar-refractivity contribution is 5.96. The molecule has 2 atom stereocenters. The number of ether oxygens (including phenoxy) is 4. The van der Waals surface area contributed by atoms with Crippen molar-refractivity contribution in [2.75, 3.05) is 30.3 Å². The minimum atomic E-state index is -0.797. The zero-order valence-corrected chi connectivity index (χ0v) is 15.9. The van der Waals surface area contributed by atoms with Crippen molar-refractivity contribution in [2.24, 2.45) is 0 Å².